The summed E-state index contributed by atoms with van der Waals surface area (Å²) in [6, 6.07) is 11.4. The SMILES string of the molecule is Nc1ncnc2c1ncn2Cc1nn2ccc(Cl)c2c(=O)n1Cc1ccccc1. The molecule has 4 heterocycles. The predicted molar refractivity (Wildman–Crippen MR) is 109 cm³/mol. The van der Waals surface area contributed by atoms with E-state index in [1.54, 1.807) is 27.7 Å². The lowest BCUT2D eigenvalue weighted by Gasteiger charge is -2.14. The van der Waals surface area contributed by atoms with Crippen LogP contribution in [0.2, 0.25) is 5.02 Å². The Morgan fingerprint density at radius 1 is 1.03 bits per heavy atom. The van der Waals surface area contributed by atoms with Crippen molar-refractivity contribution in [3.63, 3.8) is 0 Å². The number of halogens is 1. The standard InChI is InChI=1S/C19H15ClN8O/c20-13-6-7-28-16(13)19(29)27(8-12-4-2-1-3-5-12)14(25-28)9-26-11-24-15-17(21)22-10-23-18(15)26/h1-7,10-11H,8-9H2,(H2,21,22,23). The van der Waals surface area contributed by atoms with Gasteiger partial charge in [0.05, 0.1) is 24.4 Å². The van der Waals surface area contributed by atoms with Crippen LogP contribution in [0.3, 0.4) is 0 Å². The number of nitrogens with zero attached hydrogens (tertiary/aromatic N) is 7. The van der Waals surface area contributed by atoms with E-state index in [4.69, 9.17) is 17.3 Å². The van der Waals surface area contributed by atoms with Gasteiger partial charge in [-0.1, -0.05) is 41.9 Å². The molecule has 1 aromatic carbocycles. The first-order valence-electron chi connectivity index (χ1n) is 8.83. The summed E-state index contributed by atoms with van der Waals surface area (Å²) in [4.78, 5) is 25.7. The van der Waals surface area contributed by atoms with Crippen molar-refractivity contribution in [2.45, 2.75) is 13.1 Å². The van der Waals surface area contributed by atoms with Gasteiger partial charge in [0, 0.05) is 6.20 Å². The maximum Gasteiger partial charge on any atom is 0.279 e. The Hall–Kier alpha value is -3.72. The summed E-state index contributed by atoms with van der Waals surface area (Å²) in [5.74, 6) is 0.839. The van der Waals surface area contributed by atoms with Gasteiger partial charge in [-0.05, 0) is 11.6 Å². The zero-order valence-electron chi connectivity index (χ0n) is 15.1. The molecule has 0 amide bonds. The quantitative estimate of drug-likeness (QED) is 0.488. The van der Waals surface area contributed by atoms with Crippen LogP contribution in [0.15, 0.2) is 60.0 Å². The molecule has 5 rings (SSSR count). The second-order valence-electron chi connectivity index (χ2n) is 6.55. The summed E-state index contributed by atoms with van der Waals surface area (Å²) in [7, 11) is 0. The molecular formula is C19H15ClN8O. The third-order valence-corrected chi connectivity index (χ3v) is 5.03. The zero-order valence-corrected chi connectivity index (χ0v) is 15.9. The molecule has 9 nitrogen and oxygen atoms in total. The number of imidazole rings is 1. The highest BCUT2D eigenvalue weighted by Gasteiger charge is 2.17. The van der Waals surface area contributed by atoms with E-state index in [2.05, 4.69) is 20.1 Å². The van der Waals surface area contributed by atoms with Gasteiger partial charge in [-0.2, -0.15) is 5.10 Å². The van der Waals surface area contributed by atoms with Crippen molar-refractivity contribution in [2.75, 3.05) is 5.73 Å². The third-order valence-electron chi connectivity index (χ3n) is 4.72. The molecular weight excluding hydrogens is 392 g/mol. The number of rotatable bonds is 4. The molecule has 0 spiro atoms. The summed E-state index contributed by atoms with van der Waals surface area (Å²) in [5.41, 5.74) is 8.07. The predicted octanol–water partition coefficient (Wildman–Crippen LogP) is 1.97. The summed E-state index contributed by atoms with van der Waals surface area (Å²) in [6.07, 6.45) is 4.67. The Morgan fingerprint density at radius 3 is 2.69 bits per heavy atom. The summed E-state index contributed by atoms with van der Waals surface area (Å²) in [5, 5.41) is 4.99. The number of fused-ring (bicyclic) bond motifs is 2. The monoisotopic (exact) mass is 406 g/mol. The summed E-state index contributed by atoms with van der Waals surface area (Å²) in [6.45, 7) is 0.643. The molecule has 0 unspecified atom stereocenters. The topological polar surface area (TPSA) is 109 Å². The normalized spacial score (nSPS) is 11.5. The van der Waals surface area contributed by atoms with Gasteiger partial charge in [0.15, 0.2) is 17.3 Å². The van der Waals surface area contributed by atoms with Crippen LogP contribution >= 0.6 is 11.6 Å². The van der Waals surface area contributed by atoms with Crippen molar-refractivity contribution in [1.29, 1.82) is 0 Å². The van der Waals surface area contributed by atoms with E-state index in [0.29, 0.717) is 39.9 Å². The molecule has 144 valence electrons. The van der Waals surface area contributed by atoms with Crippen LogP contribution in [0.4, 0.5) is 5.82 Å². The van der Waals surface area contributed by atoms with Crippen molar-refractivity contribution >= 4 is 34.1 Å². The lowest BCUT2D eigenvalue weighted by atomic mass is 10.2. The molecule has 0 saturated carbocycles. The third kappa shape index (κ3) is 2.92. The minimum atomic E-state index is -0.215. The maximum absolute atomic E-state index is 13.2. The first-order valence-corrected chi connectivity index (χ1v) is 9.21. The number of anilines is 1. The van der Waals surface area contributed by atoms with Crippen LogP contribution < -0.4 is 11.3 Å². The Balaban J connectivity index is 1.68. The Morgan fingerprint density at radius 2 is 1.86 bits per heavy atom. The van der Waals surface area contributed by atoms with Crippen LogP contribution in [0.25, 0.3) is 16.7 Å². The van der Waals surface area contributed by atoms with Gasteiger partial charge in [0.1, 0.15) is 17.4 Å². The molecule has 0 fully saturated rings. The molecule has 5 aromatic rings. The highest BCUT2D eigenvalue weighted by Crippen LogP contribution is 2.18. The van der Waals surface area contributed by atoms with Crippen molar-refractivity contribution < 1.29 is 0 Å². The number of nitrogens with two attached hydrogens (primary N) is 1. The smallest absolute Gasteiger partial charge is 0.279 e. The molecule has 4 aromatic heterocycles. The number of aromatic nitrogens is 7. The van der Waals surface area contributed by atoms with Crippen molar-refractivity contribution in [3.8, 4) is 0 Å². The molecule has 10 heteroatoms. The van der Waals surface area contributed by atoms with E-state index < -0.39 is 0 Å². The molecule has 0 aliphatic rings. The van der Waals surface area contributed by atoms with Gasteiger partial charge >= 0.3 is 0 Å². The number of benzene rings is 1. The molecule has 0 aliphatic heterocycles. The van der Waals surface area contributed by atoms with Crippen LogP contribution in [0, 0.1) is 0 Å². The molecule has 0 bridgehead atoms. The first kappa shape index (κ1) is 17.4. The lowest BCUT2D eigenvalue weighted by Crippen LogP contribution is -2.29. The van der Waals surface area contributed by atoms with E-state index in [-0.39, 0.29) is 12.1 Å². The lowest BCUT2D eigenvalue weighted by molar-refractivity contribution is 0.603. The Bertz CT molecular complexity index is 1400. The van der Waals surface area contributed by atoms with Gasteiger partial charge in [0.25, 0.3) is 5.56 Å². The van der Waals surface area contributed by atoms with Crippen LogP contribution in [-0.2, 0) is 13.1 Å². The molecule has 0 radical (unpaired) electrons. The van der Waals surface area contributed by atoms with E-state index in [1.807, 2.05) is 30.3 Å². The largest absolute Gasteiger partial charge is 0.382 e. The number of hydrogen-bond donors (Lipinski definition) is 1. The highest BCUT2D eigenvalue weighted by atomic mass is 35.5. The van der Waals surface area contributed by atoms with E-state index >= 15 is 0 Å². The highest BCUT2D eigenvalue weighted by molar-refractivity contribution is 6.33. The average Bonchev–Trinajstić information content (AvgIpc) is 3.30. The van der Waals surface area contributed by atoms with Crippen LogP contribution in [0.5, 0.6) is 0 Å². The second kappa shape index (κ2) is 6.71. The van der Waals surface area contributed by atoms with Crippen molar-refractivity contribution in [1.82, 2.24) is 33.7 Å². The van der Waals surface area contributed by atoms with E-state index in [9.17, 15) is 4.79 Å². The molecule has 29 heavy (non-hydrogen) atoms. The van der Waals surface area contributed by atoms with Gasteiger partial charge < -0.3 is 10.3 Å². The summed E-state index contributed by atoms with van der Waals surface area (Å²) < 4.78 is 4.91. The van der Waals surface area contributed by atoms with Gasteiger partial charge in [-0.15, -0.1) is 0 Å². The number of nitrogen functional groups attached to an aromatic ring is 1. The maximum atomic E-state index is 13.2. The molecule has 0 saturated heterocycles. The van der Waals surface area contributed by atoms with Gasteiger partial charge in [-0.3, -0.25) is 9.36 Å². The van der Waals surface area contributed by atoms with Gasteiger partial charge in [-0.25, -0.2) is 19.5 Å². The Labute approximate surface area is 169 Å². The fourth-order valence-electron chi connectivity index (χ4n) is 3.32. The summed E-state index contributed by atoms with van der Waals surface area (Å²) >= 11 is 6.22. The zero-order chi connectivity index (χ0) is 20.0. The van der Waals surface area contributed by atoms with Gasteiger partial charge in [0.2, 0.25) is 0 Å². The molecule has 0 atom stereocenters. The van der Waals surface area contributed by atoms with Crippen molar-refractivity contribution in [3.05, 3.63) is 82.0 Å². The fraction of sp³-hybridized carbons (Fsp3) is 0.105. The van der Waals surface area contributed by atoms with E-state index in [1.165, 1.54) is 10.8 Å². The van der Waals surface area contributed by atoms with Crippen molar-refractivity contribution in [2.24, 2.45) is 0 Å². The van der Waals surface area contributed by atoms with E-state index in [0.717, 1.165) is 5.56 Å². The minimum absolute atomic E-state index is 0.215. The van der Waals surface area contributed by atoms with Crippen LogP contribution in [0.1, 0.15) is 11.4 Å². The first-order chi connectivity index (χ1) is 14.1. The molecule has 2 N–H and O–H groups in total. The molecule has 0 aliphatic carbocycles. The average molecular weight is 407 g/mol. The minimum Gasteiger partial charge on any atom is -0.382 e. The second-order valence-corrected chi connectivity index (χ2v) is 6.96. The fourth-order valence-corrected chi connectivity index (χ4v) is 3.54. The number of hydrogen-bond acceptors (Lipinski definition) is 6. The Kier molecular flexibility index (Phi) is 4.02. The van der Waals surface area contributed by atoms with Crippen LogP contribution in [-0.4, -0.2) is 33.7 Å².